The highest BCUT2D eigenvalue weighted by Crippen LogP contribution is 2.39. The third-order valence-electron chi connectivity index (χ3n) is 7.51. The predicted molar refractivity (Wildman–Crippen MR) is 183 cm³/mol. The molecule has 6 aromatic carbocycles. The van der Waals surface area contributed by atoms with Crippen molar-refractivity contribution in [2.75, 3.05) is 16.9 Å². The molecule has 0 aliphatic rings. The van der Waals surface area contributed by atoms with Crippen LogP contribution in [0.4, 0.5) is 34.1 Å². The van der Waals surface area contributed by atoms with Crippen LogP contribution in [-0.4, -0.2) is 19.0 Å². The fourth-order valence-electron chi connectivity index (χ4n) is 5.21. The van der Waals surface area contributed by atoms with Crippen molar-refractivity contribution in [3.63, 3.8) is 0 Å². The van der Waals surface area contributed by atoms with Crippen LogP contribution in [0.15, 0.2) is 158 Å². The average Bonchev–Trinajstić information content (AvgIpc) is 3.11. The molecule has 0 aliphatic heterocycles. The van der Waals surface area contributed by atoms with Crippen LogP contribution in [0, 0.1) is 6.92 Å². The molecule has 46 heavy (non-hydrogen) atoms. The number of carbonyl (C=O) groups excluding carboxylic acids is 2. The number of benzene rings is 6. The summed E-state index contributed by atoms with van der Waals surface area (Å²) < 4.78 is 10.4. The summed E-state index contributed by atoms with van der Waals surface area (Å²) in [6.45, 7) is 2.09. The molecule has 0 spiro atoms. The van der Waals surface area contributed by atoms with Crippen molar-refractivity contribution < 1.29 is 19.1 Å². The van der Waals surface area contributed by atoms with Gasteiger partial charge in [-0.05, 0) is 110 Å². The lowest BCUT2D eigenvalue weighted by Gasteiger charge is -2.28. The van der Waals surface area contributed by atoms with E-state index in [1.165, 1.54) is 18.7 Å². The van der Waals surface area contributed by atoms with Gasteiger partial charge in [0, 0.05) is 34.1 Å². The third kappa shape index (κ3) is 6.66. The lowest BCUT2D eigenvalue weighted by molar-refractivity contribution is 0.0600. The molecule has 0 radical (unpaired) electrons. The number of rotatable bonds is 9. The molecule has 6 rings (SSSR count). The largest absolute Gasteiger partial charge is 0.465 e. The molecule has 0 amide bonds. The highest BCUT2D eigenvalue weighted by Gasteiger charge is 2.17. The Balaban J connectivity index is 1.29. The van der Waals surface area contributed by atoms with Gasteiger partial charge in [-0.1, -0.05) is 60.2 Å². The summed E-state index contributed by atoms with van der Waals surface area (Å²) in [4.78, 5) is 29.1. The SMILES string of the molecule is COC(=O)c1cccc(C(=O)Oc2ccc(N(c3ccccc3)c3ccc(N(c4ccccc4)c4ccc(C)cc4)cc3)cc2)c1. The van der Waals surface area contributed by atoms with Crippen molar-refractivity contribution >= 4 is 46.1 Å². The number of hydrogen-bond donors (Lipinski definition) is 0. The summed E-state index contributed by atoms with van der Waals surface area (Å²) in [5.74, 6) is -0.696. The summed E-state index contributed by atoms with van der Waals surface area (Å²) in [5.41, 5.74) is 7.77. The molecule has 226 valence electrons. The average molecular weight is 605 g/mol. The number of ether oxygens (including phenoxy) is 2. The van der Waals surface area contributed by atoms with Crippen molar-refractivity contribution in [1.82, 2.24) is 0 Å². The summed E-state index contributed by atoms with van der Waals surface area (Å²) >= 11 is 0. The van der Waals surface area contributed by atoms with Crippen LogP contribution in [0.1, 0.15) is 26.3 Å². The van der Waals surface area contributed by atoms with Crippen LogP contribution in [-0.2, 0) is 4.74 Å². The van der Waals surface area contributed by atoms with Crippen LogP contribution >= 0.6 is 0 Å². The van der Waals surface area contributed by atoms with Gasteiger partial charge in [0.25, 0.3) is 0 Å². The Labute approximate surface area is 268 Å². The lowest BCUT2D eigenvalue weighted by atomic mass is 10.1. The Morgan fingerprint density at radius 2 is 0.848 bits per heavy atom. The summed E-state index contributed by atoms with van der Waals surface area (Å²) in [6, 6.07) is 51.0. The van der Waals surface area contributed by atoms with Gasteiger partial charge in [-0.25, -0.2) is 9.59 Å². The van der Waals surface area contributed by atoms with E-state index in [1.807, 2.05) is 48.5 Å². The Kier molecular flexibility index (Phi) is 8.88. The number of methoxy groups -OCH3 is 1. The molecule has 6 heteroatoms. The van der Waals surface area contributed by atoms with Crippen LogP contribution in [0.5, 0.6) is 5.75 Å². The van der Waals surface area contributed by atoms with Crippen molar-refractivity contribution in [2.24, 2.45) is 0 Å². The van der Waals surface area contributed by atoms with Gasteiger partial charge >= 0.3 is 11.9 Å². The molecule has 0 saturated carbocycles. The first-order valence-electron chi connectivity index (χ1n) is 14.9. The number of esters is 2. The second-order valence-corrected chi connectivity index (χ2v) is 10.6. The minimum atomic E-state index is -0.564. The van der Waals surface area contributed by atoms with E-state index in [0.717, 1.165) is 34.1 Å². The molecule has 6 aromatic rings. The standard InChI is InChI=1S/C40H32N2O4/c1-29-16-18-34(19-17-29)41(32-12-5-3-6-13-32)35-20-22-36(23-21-35)42(33-14-7-4-8-15-33)37-24-26-38(27-25-37)46-40(44)31-11-9-10-30(28-31)39(43)45-2/h3-28H,1-2H3. The maximum absolute atomic E-state index is 12.9. The molecule has 0 N–H and O–H groups in total. The molecule has 0 unspecified atom stereocenters. The minimum Gasteiger partial charge on any atom is -0.465 e. The summed E-state index contributed by atoms with van der Waals surface area (Å²) in [5, 5.41) is 0. The van der Waals surface area contributed by atoms with Gasteiger partial charge in [-0.2, -0.15) is 0 Å². The van der Waals surface area contributed by atoms with Crippen molar-refractivity contribution in [2.45, 2.75) is 6.92 Å². The van der Waals surface area contributed by atoms with Gasteiger partial charge in [-0.3, -0.25) is 0 Å². The van der Waals surface area contributed by atoms with Gasteiger partial charge in [0.2, 0.25) is 0 Å². The number of anilines is 6. The van der Waals surface area contributed by atoms with E-state index < -0.39 is 11.9 Å². The molecule has 0 fully saturated rings. The second-order valence-electron chi connectivity index (χ2n) is 10.6. The van der Waals surface area contributed by atoms with Crippen molar-refractivity contribution in [3.8, 4) is 5.75 Å². The highest BCUT2D eigenvalue weighted by molar-refractivity contribution is 5.96. The van der Waals surface area contributed by atoms with Crippen molar-refractivity contribution in [1.29, 1.82) is 0 Å². The first kappa shape index (κ1) is 29.9. The van der Waals surface area contributed by atoms with Gasteiger partial charge in [0.15, 0.2) is 0 Å². The first-order valence-corrected chi connectivity index (χ1v) is 14.9. The van der Waals surface area contributed by atoms with Crippen LogP contribution in [0.2, 0.25) is 0 Å². The molecular formula is C40H32N2O4. The molecule has 0 aromatic heterocycles. The fourth-order valence-corrected chi connectivity index (χ4v) is 5.21. The quantitative estimate of drug-likeness (QED) is 0.121. The Morgan fingerprint density at radius 3 is 1.30 bits per heavy atom. The Bertz CT molecular complexity index is 1920. The van der Waals surface area contributed by atoms with Crippen LogP contribution in [0.3, 0.4) is 0 Å². The Hall–Kier alpha value is -6.14. The molecule has 0 bridgehead atoms. The van der Waals surface area contributed by atoms with Gasteiger partial charge in [0.05, 0.1) is 18.2 Å². The van der Waals surface area contributed by atoms with Crippen LogP contribution < -0.4 is 14.5 Å². The number of hydrogen-bond acceptors (Lipinski definition) is 6. The highest BCUT2D eigenvalue weighted by atomic mass is 16.5. The maximum atomic E-state index is 12.9. The zero-order chi connectivity index (χ0) is 31.9. The number of nitrogens with zero attached hydrogens (tertiary/aromatic N) is 2. The zero-order valence-electron chi connectivity index (χ0n) is 25.5. The molecule has 0 saturated heterocycles. The number of aryl methyl sites for hydroxylation is 1. The van der Waals surface area contributed by atoms with E-state index >= 15 is 0 Å². The van der Waals surface area contributed by atoms with Gasteiger partial charge in [0.1, 0.15) is 5.75 Å². The normalized spacial score (nSPS) is 10.6. The van der Waals surface area contributed by atoms with E-state index in [9.17, 15) is 9.59 Å². The minimum absolute atomic E-state index is 0.258. The van der Waals surface area contributed by atoms with Gasteiger partial charge in [-0.15, -0.1) is 0 Å². The topological polar surface area (TPSA) is 59.1 Å². The third-order valence-corrected chi connectivity index (χ3v) is 7.51. The molecule has 6 nitrogen and oxygen atoms in total. The van der Waals surface area contributed by atoms with E-state index in [4.69, 9.17) is 9.47 Å². The smallest absolute Gasteiger partial charge is 0.343 e. The monoisotopic (exact) mass is 604 g/mol. The van der Waals surface area contributed by atoms with E-state index in [0.29, 0.717) is 5.75 Å². The Morgan fingerprint density at radius 1 is 0.457 bits per heavy atom. The zero-order valence-corrected chi connectivity index (χ0v) is 25.5. The molecular weight excluding hydrogens is 572 g/mol. The second kappa shape index (κ2) is 13.7. The fraction of sp³-hybridized carbons (Fsp3) is 0.0500. The van der Waals surface area contributed by atoms with E-state index in [2.05, 4.69) is 89.5 Å². The maximum Gasteiger partial charge on any atom is 0.343 e. The predicted octanol–water partition coefficient (Wildman–Crippen LogP) is 9.94. The molecule has 0 aliphatic carbocycles. The van der Waals surface area contributed by atoms with Crippen LogP contribution in [0.25, 0.3) is 0 Å². The summed E-state index contributed by atoms with van der Waals surface area (Å²) in [7, 11) is 1.30. The molecule has 0 atom stereocenters. The lowest BCUT2D eigenvalue weighted by Crippen LogP contribution is -2.12. The van der Waals surface area contributed by atoms with Crippen molar-refractivity contribution in [3.05, 3.63) is 174 Å². The van der Waals surface area contributed by atoms with Gasteiger partial charge < -0.3 is 19.3 Å². The summed E-state index contributed by atoms with van der Waals surface area (Å²) in [6.07, 6.45) is 0. The molecule has 0 heterocycles. The first-order chi connectivity index (χ1) is 22.5. The number of carbonyl (C=O) groups is 2. The van der Waals surface area contributed by atoms with E-state index in [1.54, 1.807) is 30.3 Å². The number of para-hydroxylation sites is 2. The van der Waals surface area contributed by atoms with E-state index in [-0.39, 0.29) is 11.1 Å².